The fraction of sp³-hybridized carbons (Fsp3) is 0.133. The van der Waals surface area contributed by atoms with E-state index >= 15 is 0 Å². The molecule has 0 aliphatic heterocycles. The van der Waals surface area contributed by atoms with Crippen LogP contribution in [-0.4, -0.2) is 10.2 Å². The van der Waals surface area contributed by atoms with Gasteiger partial charge in [0.05, 0.1) is 5.69 Å². The zero-order valence-corrected chi connectivity index (χ0v) is 11.4. The first kappa shape index (κ1) is 12.0. The molecule has 0 fully saturated rings. The Morgan fingerprint density at radius 1 is 1.16 bits per heavy atom. The lowest BCUT2D eigenvalue weighted by Gasteiger charge is -2.01. The second-order valence-electron chi connectivity index (χ2n) is 4.57. The highest BCUT2D eigenvalue weighted by Crippen LogP contribution is 2.23. The standard InChI is InChI=1S/C15H14N2OS/c1-10-7-12(19-9-10)8-13-14(16-17-15(13)18)11-5-3-2-4-6-11/h2-7,9H,8H2,1H3,(H2,16,17,18). The van der Waals surface area contributed by atoms with Crippen LogP contribution >= 0.6 is 11.3 Å². The Hall–Kier alpha value is -2.07. The van der Waals surface area contributed by atoms with Crippen molar-refractivity contribution in [1.82, 2.24) is 10.2 Å². The van der Waals surface area contributed by atoms with Gasteiger partial charge in [0.15, 0.2) is 0 Å². The summed E-state index contributed by atoms with van der Waals surface area (Å²) in [5.41, 5.74) is 3.92. The van der Waals surface area contributed by atoms with Gasteiger partial charge in [-0.05, 0) is 29.5 Å². The lowest BCUT2D eigenvalue weighted by atomic mass is 10.1. The fourth-order valence-corrected chi connectivity index (χ4v) is 3.05. The van der Waals surface area contributed by atoms with E-state index in [-0.39, 0.29) is 5.56 Å². The Balaban J connectivity index is 2.02. The summed E-state index contributed by atoms with van der Waals surface area (Å²) in [6.45, 7) is 2.07. The summed E-state index contributed by atoms with van der Waals surface area (Å²) in [6.07, 6.45) is 0.668. The van der Waals surface area contributed by atoms with Gasteiger partial charge in [-0.1, -0.05) is 30.3 Å². The molecule has 0 saturated heterocycles. The molecule has 0 aliphatic rings. The maximum absolute atomic E-state index is 11.9. The number of hydrogen-bond donors (Lipinski definition) is 2. The molecule has 0 amide bonds. The number of benzene rings is 1. The van der Waals surface area contributed by atoms with Crippen LogP contribution in [0.3, 0.4) is 0 Å². The zero-order valence-electron chi connectivity index (χ0n) is 10.6. The van der Waals surface area contributed by atoms with Crippen LogP contribution in [0.1, 0.15) is 16.0 Å². The van der Waals surface area contributed by atoms with Crippen molar-refractivity contribution in [2.45, 2.75) is 13.3 Å². The first-order valence-electron chi connectivity index (χ1n) is 6.13. The largest absolute Gasteiger partial charge is 0.297 e. The number of rotatable bonds is 3. The molecule has 1 aromatic carbocycles. The number of thiophene rings is 1. The van der Waals surface area contributed by atoms with Gasteiger partial charge in [-0.15, -0.1) is 11.3 Å². The fourth-order valence-electron chi connectivity index (χ4n) is 2.16. The van der Waals surface area contributed by atoms with Gasteiger partial charge in [0.2, 0.25) is 0 Å². The SMILES string of the molecule is Cc1csc(Cc2c(-c3ccccc3)[nH][nH]c2=O)c1. The van der Waals surface area contributed by atoms with Gasteiger partial charge < -0.3 is 0 Å². The number of aromatic amines is 2. The molecular weight excluding hydrogens is 256 g/mol. The van der Waals surface area contributed by atoms with E-state index < -0.39 is 0 Å². The molecule has 2 N–H and O–H groups in total. The predicted molar refractivity (Wildman–Crippen MR) is 78.7 cm³/mol. The molecule has 19 heavy (non-hydrogen) atoms. The Labute approximate surface area is 114 Å². The Morgan fingerprint density at radius 3 is 2.63 bits per heavy atom. The smallest absolute Gasteiger partial charge is 0.268 e. The molecule has 3 nitrogen and oxygen atoms in total. The first-order valence-corrected chi connectivity index (χ1v) is 7.01. The average molecular weight is 270 g/mol. The van der Waals surface area contributed by atoms with E-state index in [1.165, 1.54) is 10.4 Å². The first-order chi connectivity index (χ1) is 9.24. The van der Waals surface area contributed by atoms with Gasteiger partial charge in [-0.2, -0.15) is 0 Å². The van der Waals surface area contributed by atoms with Crippen LogP contribution in [0.15, 0.2) is 46.6 Å². The summed E-state index contributed by atoms with van der Waals surface area (Å²) in [5.74, 6) is 0. The van der Waals surface area contributed by atoms with Crippen molar-refractivity contribution in [3.8, 4) is 11.3 Å². The maximum atomic E-state index is 11.9. The minimum Gasteiger partial charge on any atom is -0.297 e. The normalized spacial score (nSPS) is 10.8. The van der Waals surface area contributed by atoms with Crippen LogP contribution in [-0.2, 0) is 6.42 Å². The van der Waals surface area contributed by atoms with Crippen molar-refractivity contribution < 1.29 is 0 Å². The number of aromatic nitrogens is 2. The summed E-state index contributed by atoms with van der Waals surface area (Å²) in [6, 6.07) is 12.0. The zero-order chi connectivity index (χ0) is 13.2. The van der Waals surface area contributed by atoms with E-state index in [4.69, 9.17) is 0 Å². The van der Waals surface area contributed by atoms with Crippen LogP contribution in [0.25, 0.3) is 11.3 Å². The lowest BCUT2D eigenvalue weighted by molar-refractivity contribution is 1.06. The highest BCUT2D eigenvalue weighted by atomic mass is 32.1. The molecule has 3 aromatic rings. The summed E-state index contributed by atoms with van der Waals surface area (Å²) >= 11 is 1.69. The maximum Gasteiger partial charge on any atom is 0.268 e. The highest BCUT2D eigenvalue weighted by molar-refractivity contribution is 7.10. The number of aryl methyl sites for hydroxylation is 1. The topological polar surface area (TPSA) is 48.6 Å². The number of nitrogens with one attached hydrogen (secondary N) is 2. The van der Waals surface area contributed by atoms with Crippen molar-refractivity contribution in [3.63, 3.8) is 0 Å². The molecule has 0 atom stereocenters. The van der Waals surface area contributed by atoms with Crippen molar-refractivity contribution in [2.24, 2.45) is 0 Å². The van der Waals surface area contributed by atoms with Crippen LogP contribution in [0.2, 0.25) is 0 Å². The molecule has 0 spiro atoms. The molecular formula is C15H14N2OS. The Morgan fingerprint density at radius 2 is 1.95 bits per heavy atom. The highest BCUT2D eigenvalue weighted by Gasteiger charge is 2.12. The van der Waals surface area contributed by atoms with E-state index in [9.17, 15) is 4.79 Å². The minimum absolute atomic E-state index is 0.0371. The van der Waals surface area contributed by atoms with Crippen LogP contribution in [0.5, 0.6) is 0 Å². The van der Waals surface area contributed by atoms with Gasteiger partial charge in [0.25, 0.3) is 5.56 Å². The van der Waals surface area contributed by atoms with Gasteiger partial charge in [-0.3, -0.25) is 15.0 Å². The van der Waals surface area contributed by atoms with E-state index in [2.05, 4.69) is 28.6 Å². The van der Waals surface area contributed by atoms with Crippen molar-refractivity contribution >= 4 is 11.3 Å². The molecule has 0 bridgehead atoms. The molecule has 0 saturated carbocycles. The van der Waals surface area contributed by atoms with Crippen LogP contribution in [0, 0.1) is 6.92 Å². The Bertz CT molecular complexity index is 737. The summed E-state index contributed by atoms with van der Waals surface area (Å²) in [5, 5.41) is 7.78. The van der Waals surface area contributed by atoms with E-state index in [1.54, 1.807) is 11.3 Å². The van der Waals surface area contributed by atoms with Gasteiger partial charge in [0.1, 0.15) is 0 Å². The summed E-state index contributed by atoms with van der Waals surface area (Å²) in [7, 11) is 0. The summed E-state index contributed by atoms with van der Waals surface area (Å²) < 4.78 is 0. The summed E-state index contributed by atoms with van der Waals surface area (Å²) in [4.78, 5) is 13.2. The van der Waals surface area contributed by atoms with Gasteiger partial charge in [-0.25, -0.2) is 0 Å². The number of hydrogen-bond acceptors (Lipinski definition) is 2. The minimum atomic E-state index is -0.0371. The van der Waals surface area contributed by atoms with Crippen LogP contribution in [0.4, 0.5) is 0 Å². The van der Waals surface area contributed by atoms with Crippen LogP contribution < -0.4 is 5.56 Å². The molecule has 0 radical (unpaired) electrons. The molecule has 2 heterocycles. The van der Waals surface area contributed by atoms with E-state index in [0.29, 0.717) is 6.42 Å². The van der Waals surface area contributed by atoms with E-state index in [1.807, 2.05) is 30.3 Å². The monoisotopic (exact) mass is 270 g/mol. The second-order valence-corrected chi connectivity index (χ2v) is 5.56. The molecule has 96 valence electrons. The molecule has 0 aliphatic carbocycles. The van der Waals surface area contributed by atoms with Gasteiger partial charge in [0, 0.05) is 16.9 Å². The van der Waals surface area contributed by atoms with E-state index in [0.717, 1.165) is 16.8 Å². The van der Waals surface area contributed by atoms with Crippen molar-refractivity contribution in [3.05, 3.63) is 68.1 Å². The van der Waals surface area contributed by atoms with Gasteiger partial charge >= 0.3 is 0 Å². The second kappa shape index (κ2) is 4.90. The lowest BCUT2D eigenvalue weighted by Crippen LogP contribution is -2.06. The third-order valence-corrected chi connectivity index (χ3v) is 4.13. The quantitative estimate of drug-likeness (QED) is 0.753. The van der Waals surface area contributed by atoms with Crippen molar-refractivity contribution in [1.29, 1.82) is 0 Å². The molecule has 2 aromatic heterocycles. The third kappa shape index (κ3) is 2.39. The number of H-pyrrole nitrogens is 2. The average Bonchev–Trinajstić information content (AvgIpc) is 2.99. The Kier molecular flexibility index (Phi) is 3.09. The third-order valence-electron chi connectivity index (χ3n) is 3.08. The molecule has 0 unspecified atom stereocenters. The van der Waals surface area contributed by atoms with Crippen molar-refractivity contribution in [2.75, 3.05) is 0 Å². The predicted octanol–water partition coefficient (Wildman–Crippen LogP) is 3.33. The molecule has 3 rings (SSSR count). The molecule has 4 heteroatoms.